The van der Waals surface area contributed by atoms with Crippen LogP contribution in [0.4, 0.5) is 0 Å². The second-order valence-electron chi connectivity index (χ2n) is 3.58. The molecule has 1 fully saturated rings. The van der Waals surface area contributed by atoms with E-state index in [1.54, 1.807) is 11.3 Å². The zero-order valence-corrected chi connectivity index (χ0v) is 8.05. The highest BCUT2D eigenvalue weighted by Crippen LogP contribution is 2.49. The van der Waals surface area contributed by atoms with Crippen molar-refractivity contribution in [2.75, 3.05) is 0 Å². The predicted octanol–water partition coefficient (Wildman–Crippen LogP) is 2.48. The van der Waals surface area contributed by atoms with Crippen LogP contribution < -0.4 is 0 Å². The molecular weight excluding hydrogens is 182 g/mol. The quantitative estimate of drug-likeness (QED) is 0.784. The molecule has 68 valence electrons. The van der Waals surface area contributed by atoms with Crippen LogP contribution in [0, 0.1) is 16.7 Å². The minimum absolute atomic E-state index is 0.485. The van der Waals surface area contributed by atoms with E-state index in [0.29, 0.717) is 0 Å². The first-order valence-electron chi connectivity index (χ1n) is 4.40. The number of nitrogens with zero attached hydrogens (tertiary/aromatic N) is 1. The number of nitriles is 1. The Morgan fingerprint density at radius 2 is 2.38 bits per heavy atom. The maximum atomic E-state index is 9.96. The van der Waals surface area contributed by atoms with Crippen LogP contribution in [0.15, 0.2) is 16.8 Å². The normalized spacial score (nSPS) is 21.5. The molecular formula is C10H11NOS. The van der Waals surface area contributed by atoms with Gasteiger partial charge in [0.2, 0.25) is 0 Å². The van der Waals surface area contributed by atoms with Crippen molar-refractivity contribution >= 4 is 11.3 Å². The molecule has 0 amide bonds. The van der Waals surface area contributed by atoms with Gasteiger partial charge in [0.15, 0.2) is 0 Å². The molecule has 0 radical (unpaired) electrons. The van der Waals surface area contributed by atoms with Crippen molar-refractivity contribution in [3.63, 3.8) is 0 Å². The molecule has 1 atom stereocenters. The van der Waals surface area contributed by atoms with Gasteiger partial charge in [-0.2, -0.15) is 16.6 Å². The zero-order chi connectivity index (χ0) is 9.31. The third-order valence-electron chi connectivity index (χ3n) is 2.85. The first kappa shape index (κ1) is 8.74. The Labute approximate surface area is 81.4 Å². The Morgan fingerprint density at radius 3 is 2.77 bits per heavy atom. The summed E-state index contributed by atoms with van der Waals surface area (Å²) in [5, 5.41) is 22.8. The number of thiophene rings is 1. The van der Waals surface area contributed by atoms with Gasteiger partial charge in [-0.15, -0.1) is 0 Å². The minimum atomic E-state index is -0.586. The fourth-order valence-corrected chi connectivity index (χ4v) is 2.43. The van der Waals surface area contributed by atoms with Gasteiger partial charge in [0.25, 0.3) is 0 Å². The molecule has 0 aromatic carbocycles. The lowest BCUT2D eigenvalue weighted by molar-refractivity contribution is 0.00824. The molecule has 1 aromatic heterocycles. The van der Waals surface area contributed by atoms with E-state index in [4.69, 9.17) is 5.26 Å². The summed E-state index contributed by atoms with van der Waals surface area (Å²) in [5.41, 5.74) is 0.410. The van der Waals surface area contributed by atoms with E-state index < -0.39 is 11.5 Å². The van der Waals surface area contributed by atoms with Gasteiger partial charge in [0.05, 0.1) is 17.6 Å². The maximum absolute atomic E-state index is 9.96. The van der Waals surface area contributed by atoms with E-state index in [1.165, 1.54) is 0 Å². The standard InChI is InChI=1S/C10H11NOS/c11-7-10(3-1-4-10)9(12)8-2-5-13-6-8/h2,5-6,9,12H,1,3-4H2. The van der Waals surface area contributed by atoms with Gasteiger partial charge in [0.1, 0.15) is 0 Å². The summed E-state index contributed by atoms with van der Waals surface area (Å²) in [7, 11) is 0. The molecule has 1 unspecified atom stereocenters. The van der Waals surface area contributed by atoms with E-state index in [9.17, 15) is 5.11 Å². The Hall–Kier alpha value is -0.850. The van der Waals surface area contributed by atoms with Crippen molar-refractivity contribution in [2.45, 2.75) is 25.4 Å². The summed E-state index contributed by atoms with van der Waals surface area (Å²) in [6.07, 6.45) is 2.15. The van der Waals surface area contributed by atoms with Gasteiger partial charge in [-0.1, -0.05) is 6.42 Å². The lowest BCUT2D eigenvalue weighted by atomic mass is 9.65. The van der Waals surface area contributed by atoms with E-state index in [0.717, 1.165) is 24.8 Å². The van der Waals surface area contributed by atoms with Crippen molar-refractivity contribution in [3.05, 3.63) is 22.4 Å². The Kier molecular flexibility index (Phi) is 2.10. The zero-order valence-electron chi connectivity index (χ0n) is 7.23. The first-order valence-corrected chi connectivity index (χ1v) is 5.34. The number of hydrogen-bond acceptors (Lipinski definition) is 3. The van der Waals surface area contributed by atoms with Gasteiger partial charge in [0, 0.05) is 0 Å². The van der Waals surface area contributed by atoms with Crippen LogP contribution >= 0.6 is 11.3 Å². The molecule has 1 aliphatic carbocycles. The molecule has 1 N–H and O–H groups in total. The van der Waals surface area contributed by atoms with Crippen LogP contribution in [-0.4, -0.2) is 5.11 Å². The van der Waals surface area contributed by atoms with Crippen LogP contribution in [0.2, 0.25) is 0 Å². The largest absolute Gasteiger partial charge is 0.387 e. The molecule has 1 aliphatic rings. The molecule has 3 heteroatoms. The molecule has 0 aliphatic heterocycles. The lowest BCUT2D eigenvalue weighted by Crippen LogP contribution is -2.34. The fourth-order valence-electron chi connectivity index (χ4n) is 1.75. The highest BCUT2D eigenvalue weighted by atomic mass is 32.1. The van der Waals surface area contributed by atoms with Crippen LogP contribution in [0.25, 0.3) is 0 Å². The molecule has 1 aromatic rings. The second kappa shape index (κ2) is 3.13. The third-order valence-corrected chi connectivity index (χ3v) is 3.55. The van der Waals surface area contributed by atoms with Crippen LogP contribution in [0.5, 0.6) is 0 Å². The summed E-state index contributed by atoms with van der Waals surface area (Å²) in [5.74, 6) is 0. The number of rotatable bonds is 2. The van der Waals surface area contributed by atoms with Crippen molar-refractivity contribution in [2.24, 2.45) is 5.41 Å². The second-order valence-corrected chi connectivity index (χ2v) is 4.36. The van der Waals surface area contributed by atoms with Crippen molar-refractivity contribution in [1.29, 1.82) is 5.26 Å². The predicted molar refractivity (Wildman–Crippen MR) is 51.2 cm³/mol. The highest BCUT2D eigenvalue weighted by Gasteiger charge is 2.44. The summed E-state index contributed by atoms with van der Waals surface area (Å²) in [6, 6.07) is 4.15. The highest BCUT2D eigenvalue weighted by molar-refractivity contribution is 7.07. The van der Waals surface area contributed by atoms with Crippen molar-refractivity contribution < 1.29 is 5.11 Å². The Bertz CT molecular complexity index is 321. The third kappa shape index (κ3) is 1.27. The van der Waals surface area contributed by atoms with E-state index in [1.807, 2.05) is 16.8 Å². The van der Waals surface area contributed by atoms with Crippen LogP contribution in [0.3, 0.4) is 0 Å². The summed E-state index contributed by atoms with van der Waals surface area (Å²) in [4.78, 5) is 0. The Balaban J connectivity index is 2.22. The monoisotopic (exact) mass is 193 g/mol. The molecule has 0 saturated heterocycles. The molecule has 0 bridgehead atoms. The van der Waals surface area contributed by atoms with E-state index in [-0.39, 0.29) is 0 Å². The smallest absolute Gasteiger partial charge is 0.0984 e. The summed E-state index contributed by atoms with van der Waals surface area (Å²) < 4.78 is 0. The molecule has 13 heavy (non-hydrogen) atoms. The van der Waals surface area contributed by atoms with Crippen LogP contribution in [-0.2, 0) is 0 Å². The van der Waals surface area contributed by atoms with Gasteiger partial charge in [-0.05, 0) is 35.2 Å². The number of aliphatic hydroxyl groups is 1. The average molecular weight is 193 g/mol. The molecule has 2 nitrogen and oxygen atoms in total. The van der Waals surface area contributed by atoms with E-state index >= 15 is 0 Å². The molecule has 1 heterocycles. The van der Waals surface area contributed by atoms with Crippen molar-refractivity contribution in [1.82, 2.24) is 0 Å². The fraction of sp³-hybridized carbons (Fsp3) is 0.500. The van der Waals surface area contributed by atoms with Gasteiger partial charge in [-0.25, -0.2) is 0 Å². The molecule has 0 spiro atoms. The molecule has 1 saturated carbocycles. The SMILES string of the molecule is N#CC1(C(O)c2ccsc2)CCC1. The average Bonchev–Trinajstić information content (AvgIpc) is 2.54. The topological polar surface area (TPSA) is 44.0 Å². The van der Waals surface area contributed by atoms with Crippen LogP contribution in [0.1, 0.15) is 30.9 Å². The molecule has 2 rings (SSSR count). The lowest BCUT2D eigenvalue weighted by Gasteiger charge is -2.39. The van der Waals surface area contributed by atoms with Gasteiger partial charge >= 0.3 is 0 Å². The van der Waals surface area contributed by atoms with E-state index in [2.05, 4.69) is 6.07 Å². The first-order chi connectivity index (χ1) is 6.28. The summed E-state index contributed by atoms with van der Waals surface area (Å²) >= 11 is 1.56. The van der Waals surface area contributed by atoms with Gasteiger partial charge < -0.3 is 5.11 Å². The van der Waals surface area contributed by atoms with Crippen molar-refractivity contribution in [3.8, 4) is 6.07 Å². The number of hydrogen-bond donors (Lipinski definition) is 1. The summed E-state index contributed by atoms with van der Waals surface area (Å²) in [6.45, 7) is 0. The van der Waals surface area contributed by atoms with Gasteiger partial charge in [-0.3, -0.25) is 0 Å². The minimum Gasteiger partial charge on any atom is -0.387 e. The number of aliphatic hydroxyl groups excluding tert-OH is 1. The maximum Gasteiger partial charge on any atom is 0.0984 e. The Morgan fingerprint density at radius 1 is 1.62 bits per heavy atom.